The number of rotatable bonds is 6. The van der Waals surface area contributed by atoms with E-state index in [0.717, 1.165) is 10.6 Å². The van der Waals surface area contributed by atoms with Crippen LogP contribution in [-0.2, 0) is 0 Å². The molecule has 1 amide bonds. The number of benzene rings is 1. The van der Waals surface area contributed by atoms with Crippen LogP contribution in [0.15, 0.2) is 55.0 Å². The maximum atomic E-state index is 12.8. The molecule has 1 N–H and O–H groups in total. The molecule has 8 nitrogen and oxygen atoms in total. The molecule has 4 aromatic rings. The first-order valence-electron chi connectivity index (χ1n) is 9.06. The Bertz CT molecular complexity index is 1170. The fourth-order valence-electron chi connectivity index (χ4n) is 2.89. The quantitative estimate of drug-likeness (QED) is 0.507. The van der Waals surface area contributed by atoms with E-state index in [-0.39, 0.29) is 5.91 Å². The summed E-state index contributed by atoms with van der Waals surface area (Å²) in [6, 6.07) is 10.9. The molecule has 0 bridgehead atoms. The van der Waals surface area contributed by atoms with Crippen molar-refractivity contribution in [3.63, 3.8) is 0 Å². The number of carbonyl (C=O) groups excluding carboxylic acids is 1. The van der Waals surface area contributed by atoms with Crippen molar-refractivity contribution in [2.24, 2.45) is 0 Å². The highest BCUT2D eigenvalue weighted by Crippen LogP contribution is 2.35. The maximum absolute atomic E-state index is 12.8. The van der Waals surface area contributed by atoms with E-state index in [1.54, 1.807) is 49.6 Å². The van der Waals surface area contributed by atoms with Crippen molar-refractivity contribution in [2.75, 3.05) is 19.5 Å². The van der Waals surface area contributed by atoms with Crippen LogP contribution in [0.3, 0.4) is 0 Å². The minimum absolute atomic E-state index is 0.231. The van der Waals surface area contributed by atoms with Gasteiger partial charge in [0.05, 0.1) is 31.8 Å². The SMILES string of the molecule is COc1ccc(-c2nc(C)c(C(=O)Nc3ccc(-n4cccn4)nc3)s2)cc1OC. The second-order valence-electron chi connectivity index (χ2n) is 6.31. The second kappa shape index (κ2) is 8.34. The van der Waals surface area contributed by atoms with Crippen LogP contribution >= 0.6 is 11.3 Å². The summed E-state index contributed by atoms with van der Waals surface area (Å²) < 4.78 is 12.3. The Balaban J connectivity index is 1.53. The van der Waals surface area contributed by atoms with Gasteiger partial charge in [-0.2, -0.15) is 5.10 Å². The van der Waals surface area contributed by atoms with Gasteiger partial charge in [-0.05, 0) is 43.3 Å². The second-order valence-corrected chi connectivity index (χ2v) is 7.31. The molecule has 30 heavy (non-hydrogen) atoms. The molecule has 0 aliphatic heterocycles. The Labute approximate surface area is 177 Å². The Kier molecular flexibility index (Phi) is 5.44. The van der Waals surface area contributed by atoms with Gasteiger partial charge in [-0.25, -0.2) is 14.6 Å². The lowest BCUT2D eigenvalue weighted by Gasteiger charge is -2.08. The first kappa shape index (κ1) is 19.6. The molecule has 0 saturated carbocycles. The summed E-state index contributed by atoms with van der Waals surface area (Å²) >= 11 is 1.32. The highest BCUT2D eigenvalue weighted by Gasteiger charge is 2.18. The number of carbonyl (C=O) groups is 1. The number of anilines is 1. The van der Waals surface area contributed by atoms with Crippen molar-refractivity contribution in [1.29, 1.82) is 0 Å². The van der Waals surface area contributed by atoms with Gasteiger partial charge >= 0.3 is 0 Å². The molecule has 0 fully saturated rings. The van der Waals surface area contributed by atoms with E-state index >= 15 is 0 Å². The van der Waals surface area contributed by atoms with Crippen molar-refractivity contribution < 1.29 is 14.3 Å². The molecule has 0 spiro atoms. The predicted molar refractivity (Wildman–Crippen MR) is 115 cm³/mol. The number of nitrogens with one attached hydrogen (secondary N) is 1. The van der Waals surface area contributed by atoms with Gasteiger partial charge in [0.2, 0.25) is 0 Å². The number of hydrogen-bond acceptors (Lipinski definition) is 7. The summed E-state index contributed by atoms with van der Waals surface area (Å²) in [5, 5.41) is 7.73. The van der Waals surface area contributed by atoms with Crippen molar-refractivity contribution in [2.45, 2.75) is 6.92 Å². The molecule has 0 saturated heterocycles. The van der Waals surface area contributed by atoms with E-state index in [1.165, 1.54) is 11.3 Å². The summed E-state index contributed by atoms with van der Waals surface area (Å²) in [7, 11) is 3.17. The highest BCUT2D eigenvalue weighted by molar-refractivity contribution is 7.17. The topological polar surface area (TPSA) is 91.2 Å². The molecule has 0 atom stereocenters. The Morgan fingerprint density at radius 1 is 1.13 bits per heavy atom. The van der Waals surface area contributed by atoms with Crippen molar-refractivity contribution >= 4 is 22.9 Å². The van der Waals surface area contributed by atoms with Crippen molar-refractivity contribution in [3.05, 3.63) is 65.6 Å². The van der Waals surface area contributed by atoms with Gasteiger partial charge in [0.1, 0.15) is 9.88 Å². The molecule has 0 radical (unpaired) electrons. The number of ether oxygens (including phenoxy) is 2. The number of hydrogen-bond donors (Lipinski definition) is 1. The van der Waals surface area contributed by atoms with Gasteiger partial charge in [-0.3, -0.25) is 4.79 Å². The number of nitrogens with zero attached hydrogens (tertiary/aromatic N) is 4. The van der Waals surface area contributed by atoms with Crippen LogP contribution in [0.4, 0.5) is 5.69 Å². The van der Waals surface area contributed by atoms with Gasteiger partial charge in [-0.15, -0.1) is 11.3 Å². The summed E-state index contributed by atoms with van der Waals surface area (Å²) in [6.07, 6.45) is 5.08. The molecule has 152 valence electrons. The van der Waals surface area contributed by atoms with Gasteiger partial charge < -0.3 is 14.8 Å². The van der Waals surface area contributed by atoms with Crippen LogP contribution in [0, 0.1) is 6.92 Å². The molecule has 0 unspecified atom stereocenters. The monoisotopic (exact) mass is 421 g/mol. The molecule has 4 rings (SSSR count). The molecule has 0 aliphatic rings. The lowest BCUT2D eigenvalue weighted by atomic mass is 10.2. The standard InChI is InChI=1S/C21H19N5O3S/c1-13-19(30-21(24-13)14-5-7-16(28-2)17(11-14)29-3)20(27)25-15-6-8-18(22-12-15)26-10-4-9-23-26/h4-12H,1-3H3,(H,25,27). The Morgan fingerprint density at radius 2 is 1.97 bits per heavy atom. The van der Waals surface area contributed by atoms with Crippen molar-refractivity contribution in [3.8, 4) is 27.9 Å². The van der Waals surface area contributed by atoms with E-state index in [9.17, 15) is 4.79 Å². The minimum atomic E-state index is -0.231. The molecular weight excluding hydrogens is 402 g/mol. The first-order valence-corrected chi connectivity index (χ1v) is 9.88. The van der Waals surface area contributed by atoms with E-state index in [1.807, 2.05) is 31.2 Å². The fraction of sp³-hybridized carbons (Fsp3) is 0.143. The number of pyridine rings is 1. The molecule has 0 aliphatic carbocycles. The molecule has 1 aromatic carbocycles. The summed E-state index contributed by atoms with van der Waals surface area (Å²) in [5.41, 5.74) is 2.10. The van der Waals surface area contributed by atoms with Crippen LogP contribution < -0.4 is 14.8 Å². The Morgan fingerprint density at radius 3 is 2.63 bits per heavy atom. The van der Waals surface area contributed by atoms with E-state index in [0.29, 0.717) is 33.6 Å². The van der Waals surface area contributed by atoms with E-state index in [2.05, 4.69) is 20.4 Å². The molecule has 3 aromatic heterocycles. The molecule has 9 heteroatoms. The van der Waals surface area contributed by atoms with Crippen LogP contribution in [0.2, 0.25) is 0 Å². The van der Waals surface area contributed by atoms with E-state index in [4.69, 9.17) is 9.47 Å². The number of methoxy groups -OCH3 is 2. The van der Waals surface area contributed by atoms with Crippen LogP contribution in [0.5, 0.6) is 11.5 Å². The average molecular weight is 421 g/mol. The van der Waals surface area contributed by atoms with Crippen LogP contribution in [-0.4, -0.2) is 39.9 Å². The number of thiazole rings is 1. The summed E-state index contributed by atoms with van der Waals surface area (Å²) in [5.74, 6) is 1.68. The lowest BCUT2D eigenvalue weighted by Crippen LogP contribution is -2.12. The van der Waals surface area contributed by atoms with Crippen molar-refractivity contribution in [1.82, 2.24) is 19.7 Å². The number of aromatic nitrogens is 4. The zero-order valence-electron chi connectivity index (χ0n) is 16.6. The smallest absolute Gasteiger partial charge is 0.267 e. The number of aryl methyl sites for hydroxylation is 1. The van der Waals surface area contributed by atoms with Gasteiger partial charge in [0.15, 0.2) is 17.3 Å². The average Bonchev–Trinajstić information content (AvgIpc) is 3.44. The van der Waals surface area contributed by atoms with Gasteiger partial charge in [0, 0.05) is 18.0 Å². The third-order valence-corrected chi connectivity index (χ3v) is 5.58. The number of amides is 1. The molecule has 3 heterocycles. The molecular formula is C21H19N5O3S. The normalized spacial score (nSPS) is 10.6. The summed E-state index contributed by atoms with van der Waals surface area (Å²) in [6.45, 7) is 1.81. The van der Waals surface area contributed by atoms with Crippen LogP contribution in [0.25, 0.3) is 16.4 Å². The highest BCUT2D eigenvalue weighted by atomic mass is 32.1. The van der Waals surface area contributed by atoms with Gasteiger partial charge in [0.25, 0.3) is 5.91 Å². The fourth-order valence-corrected chi connectivity index (χ4v) is 3.85. The zero-order valence-corrected chi connectivity index (χ0v) is 17.4. The minimum Gasteiger partial charge on any atom is -0.493 e. The predicted octanol–water partition coefficient (Wildman–Crippen LogP) is 3.97. The first-order chi connectivity index (χ1) is 14.6. The van der Waals surface area contributed by atoms with Gasteiger partial charge in [-0.1, -0.05) is 0 Å². The third kappa shape index (κ3) is 3.87. The van der Waals surface area contributed by atoms with Crippen LogP contribution in [0.1, 0.15) is 15.4 Å². The largest absolute Gasteiger partial charge is 0.493 e. The zero-order chi connectivity index (χ0) is 21.1. The maximum Gasteiger partial charge on any atom is 0.267 e. The lowest BCUT2D eigenvalue weighted by molar-refractivity contribution is 0.102. The third-order valence-electron chi connectivity index (χ3n) is 4.38. The Hall–Kier alpha value is -3.72. The van der Waals surface area contributed by atoms with E-state index < -0.39 is 0 Å². The summed E-state index contributed by atoms with van der Waals surface area (Å²) in [4.78, 5) is 22.2.